The van der Waals surface area contributed by atoms with Crippen LogP contribution in [-0.4, -0.2) is 16.9 Å². The number of alkyl halides is 1. The van der Waals surface area contributed by atoms with Gasteiger partial charge in [0.1, 0.15) is 0 Å². The molecule has 2 nitrogen and oxygen atoms in total. The zero-order valence-corrected chi connectivity index (χ0v) is 13.1. The number of hydrogen-bond donors (Lipinski definition) is 1. The molecule has 88 valence electrons. The molecular formula is C11H12BrClINO. The number of hydrogen-bond acceptors (Lipinski definition) is 1. The summed E-state index contributed by atoms with van der Waals surface area (Å²) in [7, 11) is 0. The smallest absolute Gasteiger partial charge is 0.252 e. The third kappa shape index (κ3) is 4.59. The zero-order chi connectivity index (χ0) is 12.0. The summed E-state index contributed by atoms with van der Waals surface area (Å²) in [6, 6.07) is 5.26. The van der Waals surface area contributed by atoms with Gasteiger partial charge in [0, 0.05) is 11.0 Å². The highest BCUT2D eigenvalue weighted by Gasteiger charge is 2.09. The summed E-state index contributed by atoms with van der Waals surface area (Å²) < 4.78 is 1.99. The van der Waals surface area contributed by atoms with Gasteiger partial charge in [-0.1, -0.05) is 50.1 Å². The maximum absolute atomic E-state index is 11.7. The third-order valence-electron chi connectivity index (χ3n) is 2.02. The summed E-state index contributed by atoms with van der Waals surface area (Å²) in [5.41, 5.74) is 0.527. The van der Waals surface area contributed by atoms with Crippen molar-refractivity contribution in [3.63, 3.8) is 0 Å². The molecule has 0 heterocycles. The van der Waals surface area contributed by atoms with Gasteiger partial charge in [0.05, 0.1) is 10.6 Å². The predicted octanol–water partition coefficient (Wildman–Crippen LogP) is 4.05. The van der Waals surface area contributed by atoms with E-state index in [0.717, 1.165) is 21.7 Å². The standard InChI is InChI=1S/C11H12BrClINO/c12-8-3-4-9(10(13)7-8)11(16)15-6-2-1-5-14/h3-4,7H,1-2,5-6H2,(H,15,16). The van der Waals surface area contributed by atoms with E-state index in [4.69, 9.17) is 11.6 Å². The van der Waals surface area contributed by atoms with Gasteiger partial charge in [-0.2, -0.15) is 0 Å². The maximum Gasteiger partial charge on any atom is 0.252 e. The van der Waals surface area contributed by atoms with Gasteiger partial charge >= 0.3 is 0 Å². The minimum Gasteiger partial charge on any atom is -0.352 e. The lowest BCUT2D eigenvalue weighted by atomic mass is 10.2. The van der Waals surface area contributed by atoms with Crippen molar-refractivity contribution in [2.75, 3.05) is 11.0 Å². The van der Waals surface area contributed by atoms with Crippen LogP contribution in [0.1, 0.15) is 23.2 Å². The van der Waals surface area contributed by atoms with E-state index in [1.54, 1.807) is 12.1 Å². The summed E-state index contributed by atoms with van der Waals surface area (Å²) in [5, 5.41) is 3.32. The number of carbonyl (C=O) groups is 1. The Bertz CT molecular complexity index is 373. The van der Waals surface area contributed by atoms with Crippen molar-refractivity contribution >= 4 is 56.0 Å². The molecule has 1 amide bonds. The van der Waals surface area contributed by atoms with Gasteiger partial charge in [0.15, 0.2) is 0 Å². The normalized spacial score (nSPS) is 10.2. The lowest BCUT2D eigenvalue weighted by Crippen LogP contribution is -2.24. The summed E-state index contributed by atoms with van der Waals surface area (Å²) in [4.78, 5) is 11.7. The van der Waals surface area contributed by atoms with Crippen LogP contribution in [0.15, 0.2) is 22.7 Å². The Morgan fingerprint density at radius 3 is 2.81 bits per heavy atom. The van der Waals surface area contributed by atoms with Crippen molar-refractivity contribution < 1.29 is 4.79 Å². The largest absolute Gasteiger partial charge is 0.352 e. The summed E-state index contributed by atoms with van der Waals surface area (Å²) in [6.45, 7) is 0.703. The van der Waals surface area contributed by atoms with Crippen LogP contribution in [0, 0.1) is 0 Å². The molecule has 0 unspecified atom stereocenters. The van der Waals surface area contributed by atoms with Crippen LogP contribution >= 0.6 is 50.1 Å². The molecule has 0 aliphatic carbocycles. The second-order valence-corrected chi connectivity index (χ2v) is 5.68. The van der Waals surface area contributed by atoms with Crippen molar-refractivity contribution in [3.05, 3.63) is 33.3 Å². The molecule has 0 aliphatic heterocycles. The second-order valence-electron chi connectivity index (χ2n) is 3.28. The Labute approximate surface area is 122 Å². The highest BCUT2D eigenvalue weighted by atomic mass is 127. The summed E-state index contributed by atoms with van der Waals surface area (Å²) in [6.07, 6.45) is 2.12. The number of nitrogens with one attached hydrogen (secondary N) is 1. The molecule has 0 fully saturated rings. The van der Waals surface area contributed by atoms with Crippen molar-refractivity contribution in [2.45, 2.75) is 12.8 Å². The third-order valence-corrected chi connectivity index (χ3v) is 3.59. The van der Waals surface area contributed by atoms with Crippen molar-refractivity contribution in [1.82, 2.24) is 5.32 Å². The quantitative estimate of drug-likeness (QED) is 0.438. The number of unbranched alkanes of at least 4 members (excludes halogenated alkanes) is 1. The molecule has 5 heteroatoms. The average Bonchev–Trinajstić information content (AvgIpc) is 2.24. The van der Waals surface area contributed by atoms with Crippen molar-refractivity contribution in [1.29, 1.82) is 0 Å². The van der Waals surface area contributed by atoms with Gasteiger partial charge in [-0.25, -0.2) is 0 Å². The first-order chi connectivity index (χ1) is 7.65. The van der Waals surface area contributed by atoms with Crippen LogP contribution in [0.2, 0.25) is 5.02 Å². The lowest BCUT2D eigenvalue weighted by Gasteiger charge is -2.06. The predicted molar refractivity (Wildman–Crippen MR) is 79.6 cm³/mol. The van der Waals surface area contributed by atoms with Gasteiger partial charge in [0.25, 0.3) is 5.91 Å². The minimum atomic E-state index is -0.106. The molecule has 0 aliphatic rings. The van der Waals surface area contributed by atoms with Crippen LogP contribution in [0.25, 0.3) is 0 Å². The zero-order valence-electron chi connectivity index (χ0n) is 8.60. The molecule has 1 N–H and O–H groups in total. The van der Waals surface area contributed by atoms with Gasteiger partial charge in [-0.3, -0.25) is 4.79 Å². The topological polar surface area (TPSA) is 29.1 Å². The summed E-state index contributed by atoms with van der Waals surface area (Å²) in [5.74, 6) is -0.106. The Kier molecular flexibility index (Phi) is 6.68. The molecule has 0 bridgehead atoms. The monoisotopic (exact) mass is 415 g/mol. The molecule has 0 spiro atoms. The second kappa shape index (κ2) is 7.50. The van der Waals surface area contributed by atoms with E-state index in [-0.39, 0.29) is 5.91 Å². The molecule has 0 aromatic heterocycles. The fourth-order valence-corrected chi connectivity index (χ4v) is 2.49. The van der Waals surface area contributed by atoms with Gasteiger partial charge in [0.2, 0.25) is 0 Å². The fraction of sp³-hybridized carbons (Fsp3) is 0.364. The van der Waals surface area contributed by atoms with E-state index in [2.05, 4.69) is 43.8 Å². The van der Waals surface area contributed by atoms with Crippen LogP contribution in [-0.2, 0) is 0 Å². The van der Waals surface area contributed by atoms with E-state index in [0.29, 0.717) is 17.1 Å². The van der Waals surface area contributed by atoms with Crippen LogP contribution < -0.4 is 5.32 Å². The van der Waals surface area contributed by atoms with Crippen LogP contribution in [0.3, 0.4) is 0 Å². The minimum absolute atomic E-state index is 0.106. The van der Waals surface area contributed by atoms with Gasteiger partial charge in [-0.15, -0.1) is 0 Å². The van der Waals surface area contributed by atoms with E-state index in [9.17, 15) is 4.79 Å². The van der Waals surface area contributed by atoms with E-state index in [1.165, 1.54) is 0 Å². The molecule has 1 rings (SSSR count). The molecule has 16 heavy (non-hydrogen) atoms. The Morgan fingerprint density at radius 1 is 1.44 bits per heavy atom. The SMILES string of the molecule is O=C(NCCCCI)c1ccc(Br)cc1Cl. The van der Waals surface area contributed by atoms with Gasteiger partial charge < -0.3 is 5.32 Å². The van der Waals surface area contributed by atoms with E-state index in [1.807, 2.05) is 6.07 Å². The first-order valence-corrected chi connectivity index (χ1v) is 7.64. The first-order valence-electron chi connectivity index (χ1n) is 4.94. The van der Waals surface area contributed by atoms with Crippen molar-refractivity contribution in [3.8, 4) is 0 Å². The van der Waals surface area contributed by atoms with Crippen molar-refractivity contribution in [2.24, 2.45) is 0 Å². The molecular weight excluding hydrogens is 404 g/mol. The van der Waals surface area contributed by atoms with E-state index >= 15 is 0 Å². The molecule has 0 saturated carbocycles. The number of rotatable bonds is 5. The Morgan fingerprint density at radius 2 is 2.19 bits per heavy atom. The lowest BCUT2D eigenvalue weighted by molar-refractivity contribution is 0.0953. The maximum atomic E-state index is 11.7. The number of benzene rings is 1. The molecule has 0 radical (unpaired) electrons. The highest BCUT2D eigenvalue weighted by molar-refractivity contribution is 14.1. The van der Waals surface area contributed by atoms with E-state index < -0.39 is 0 Å². The number of amides is 1. The number of carbonyl (C=O) groups excluding carboxylic acids is 1. The summed E-state index contributed by atoms with van der Waals surface area (Å²) >= 11 is 11.6. The fourth-order valence-electron chi connectivity index (χ4n) is 1.19. The molecule has 1 aromatic carbocycles. The average molecular weight is 416 g/mol. The number of halogens is 3. The molecule has 1 aromatic rings. The van der Waals surface area contributed by atoms with Crippen LogP contribution in [0.4, 0.5) is 0 Å². The Hall–Kier alpha value is 0.190. The molecule has 0 atom stereocenters. The Balaban J connectivity index is 2.53. The van der Waals surface area contributed by atoms with Gasteiger partial charge in [-0.05, 0) is 35.5 Å². The molecule has 0 saturated heterocycles. The first kappa shape index (κ1) is 14.3. The van der Waals surface area contributed by atoms with Crippen LogP contribution in [0.5, 0.6) is 0 Å². The highest BCUT2D eigenvalue weighted by Crippen LogP contribution is 2.21.